The monoisotopic (exact) mass is 472 g/mol. The molecule has 3 aromatic rings. The molecule has 0 atom stereocenters. The van der Waals surface area contributed by atoms with E-state index in [9.17, 15) is 9.59 Å². The number of carbonyl (C=O) groups excluding carboxylic acids is 2. The van der Waals surface area contributed by atoms with Gasteiger partial charge < -0.3 is 20.4 Å². The molecule has 0 fully saturated rings. The van der Waals surface area contributed by atoms with Crippen LogP contribution in [-0.2, 0) is 17.6 Å². The summed E-state index contributed by atoms with van der Waals surface area (Å²) >= 11 is 7.56. The lowest BCUT2D eigenvalue weighted by Crippen LogP contribution is -2.27. The molecule has 4 rings (SSSR count). The van der Waals surface area contributed by atoms with Crippen LogP contribution in [0.25, 0.3) is 11.4 Å². The molecule has 2 heterocycles. The first kappa shape index (κ1) is 22.4. The SMILES string of the molecule is COc1ccc(Cl)cc1NC(=O)c1cc2c([nH]1)-c1nc(NC(=O)C(C)(C)C)sc1CCC2. The number of benzene rings is 1. The molecule has 0 radical (unpaired) electrons. The Hall–Kier alpha value is -2.84. The third kappa shape index (κ3) is 4.52. The first-order valence-corrected chi connectivity index (χ1v) is 11.5. The zero-order valence-corrected chi connectivity index (χ0v) is 20.0. The smallest absolute Gasteiger partial charge is 0.272 e. The molecule has 0 saturated carbocycles. The molecule has 1 aliphatic rings. The molecular weight excluding hydrogens is 448 g/mol. The molecule has 0 aliphatic heterocycles. The van der Waals surface area contributed by atoms with E-state index in [0.29, 0.717) is 27.3 Å². The number of rotatable bonds is 4. The molecule has 7 nitrogen and oxygen atoms in total. The fraction of sp³-hybridized carbons (Fsp3) is 0.348. The van der Waals surface area contributed by atoms with E-state index >= 15 is 0 Å². The topological polar surface area (TPSA) is 96.1 Å². The van der Waals surface area contributed by atoms with Crippen molar-refractivity contribution in [1.29, 1.82) is 0 Å². The number of nitrogens with one attached hydrogen (secondary N) is 3. The molecular formula is C23H25ClN4O3S. The van der Waals surface area contributed by atoms with Crippen LogP contribution in [0.5, 0.6) is 5.75 Å². The number of carbonyl (C=O) groups is 2. The van der Waals surface area contributed by atoms with Crippen molar-refractivity contribution in [1.82, 2.24) is 9.97 Å². The van der Waals surface area contributed by atoms with Gasteiger partial charge in [0.15, 0.2) is 5.13 Å². The summed E-state index contributed by atoms with van der Waals surface area (Å²) in [6.45, 7) is 5.59. The minimum Gasteiger partial charge on any atom is -0.495 e. The van der Waals surface area contributed by atoms with E-state index in [0.717, 1.165) is 41.1 Å². The lowest BCUT2D eigenvalue weighted by atomic mass is 9.96. The van der Waals surface area contributed by atoms with E-state index in [-0.39, 0.29) is 11.8 Å². The van der Waals surface area contributed by atoms with Gasteiger partial charge >= 0.3 is 0 Å². The Bertz CT molecular complexity index is 1190. The van der Waals surface area contributed by atoms with E-state index in [4.69, 9.17) is 16.3 Å². The summed E-state index contributed by atoms with van der Waals surface area (Å²) in [6.07, 6.45) is 2.66. The van der Waals surface area contributed by atoms with Crippen LogP contribution in [0, 0.1) is 5.41 Å². The van der Waals surface area contributed by atoms with E-state index in [1.165, 1.54) is 18.4 Å². The Balaban J connectivity index is 1.62. The number of nitrogens with zero attached hydrogens (tertiary/aromatic N) is 1. The third-order valence-corrected chi connectivity index (χ3v) is 6.51. The van der Waals surface area contributed by atoms with Crippen LogP contribution in [-0.4, -0.2) is 28.9 Å². The van der Waals surface area contributed by atoms with Gasteiger partial charge in [0.2, 0.25) is 5.91 Å². The Morgan fingerprint density at radius 3 is 2.69 bits per heavy atom. The number of aryl methyl sites for hydroxylation is 2. The lowest BCUT2D eigenvalue weighted by Gasteiger charge is -2.15. The number of fused-ring (bicyclic) bond motifs is 3. The molecule has 0 unspecified atom stereocenters. The summed E-state index contributed by atoms with van der Waals surface area (Å²) < 4.78 is 5.31. The number of hydrogen-bond acceptors (Lipinski definition) is 5. The first-order chi connectivity index (χ1) is 15.2. The van der Waals surface area contributed by atoms with E-state index < -0.39 is 5.41 Å². The molecule has 2 amide bonds. The van der Waals surface area contributed by atoms with Crippen LogP contribution in [0.1, 0.15) is 48.1 Å². The molecule has 1 aliphatic carbocycles. The number of aromatic nitrogens is 2. The highest BCUT2D eigenvalue weighted by Gasteiger charge is 2.26. The van der Waals surface area contributed by atoms with Gasteiger partial charge in [-0.05, 0) is 49.1 Å². The first-order valence-electron chi connectivity index (χ1n) is 10.3. The number of anilines is 2. The van der Waals surface area contributed by atoms with Crippen LogP contribution in [0.4, 0.5) is 10.8 Å². The number of ether oxygens (including phenoxy) is 1. The van der Waals surface area contributed by atoms with Crippen molar-refractivity contribution in [3.05, 3.63) is 45.4 Å². The Morgan fingerprint density at radius 1 is 1.19 bits per heavy atom. The van der Waals surface area contributed by atoms with Gasteiger partial charge in [-0.15, -0.1) is 11.3 Å². The molecule has 168 valence electrons. The molecule has 0 spiro atoms. The predicted octanol–water partition coefficient (Wildman–Crippen LogP) is 5.53. The van der Waals surface area contributed by atoms with Crippen molar-refractivity contribution >= 4 is 45.6 Å². The number of methoxy groups -OCH3 is 1. The number of thiazole rings is 1. The minimum absolute atomic E-state index is 0.0799. The highest BCUT2D eigenvalue weighted by molar-refractivity contribution is 7.16. The fourth-order valence-electron chi connectivity index (χ4n) is 3.49. The van der Waals surface area contributed by atoms with Crippen LogP contribution in [0.2, 0.25) is 5.02 Å². The van der Waals surface area contributed by atoms with Crippen LogP contribution in [0.15, 0.2) is 24.3 Å². The molecule has 1 aromatic carbocycles. The van der Waals surface area contributed by atoms with Crippen molar-refractivity contribution in [3.63, 3.8) is 0 Å². The van der Waals surface area contributed by atoms with Crippen molar-refractivity contribution < 1.29 is 14.3 Å². The second kappa shape index (κ2) is 8.60. The average Bonchev–Trinajstić information content (AvgIpc) is 3.28. The van der Waals surface area contributed by atoms with Gasteiger partial charge in [0.05, 0.1) is 18.5 Å². The summed E-state index contributed by atoms with van der Waals surface area (Å²) in [4.78, 5) is 34.4. The number of aromatic amines is 1. The largest absolute Gasteiger partial charge is 0.495 e. The highest BCUT2D eigenvalue weighted by Crippen LogP contribution is 2.38. The molecule has 3 N–H and O–H groups in total. The van der Waals surface area contributed by atoms with Crippen molar-refractivity contribution in [2.24, 2.45) is 5.41 Å². The van der Waals surface area contributed by atoms with Crippen LogP contribution in [0.3, 0.4) is 0 Å². The Labute approximate surface area is 195 Å². The maximum Gasteiger partial charge on any atom is 0.272 e. The fourth-order valence-corrected chi connectivity index (χ4v) is 4.67. The second-order valence-corrected chi connectivity index (χ2v) is 10.3. The average molecular weight is 473 g/mol. The normalized spacial score (nSPS) is 13.0. The highest BCUT2D eigenvalue weighted by atomic mass is 35.5. The summed E-state index contributed by atoms with van der Waals surface area (Å²) in [5.74, 6) is 0.150. The van der Waals surface area contributed by atoms with Gasteiger partial charge in [-0.3, -0.25) is 9.59 Å². The number of H-pyrrole nitrogens is 1. The summed E-state index contributed by atoms with van der Waals surface area (Å²) in [7, 11) is 1.54. The Kier molecular flexibility index (Phi) is 6.01. The van der Waals surface area contributed by atoms with Crippen LogP contribution >= 0.6 is 22.9 Å². The molecule has 32 heavy (non-hydrogen) atoms. The van der Waals surface area contributed by atoms with Gasteiger partial charge in [-0.2, -0.15) is 0 Å². The van der Waals surface area contributed by atoms with Crippen molar-refractivity contribution in [3.8, 4) is 17.1 Å². The second-order valence-electron chi connectivity index (χ2n) is 8.73. The summed E-state index contributed by atoms with van der Waals surface area (Å²) in [5, 5.41) is 6.86. The predicted molar refractivity (Wildman–Crippen MR) is 128 cm³/mol. The Morgan fingerprint density at radius 2 is 1.97 bits per heavy atom. The lowest BCUT2D eigenvalue weighted by molar-refractivity contribution is -0.123. The number of hydrogen-bond donors (Lipinski definition) is 3. The summed E-state index contributed by atoms with van der Waals surface area (Å²) in [5.41, 5.74) is 3.08. The van der Waals surface area contributed by atoms with E-state index in [1.807, 2.05) is 26.8 Å². The quantitative estimate of drug-likeness (QED) is 0.465. The van der Waals surface area contributed by atoms with E-state index in [2.05, 4.69) is 20.6 Å². The standard InChI is InChI=1S/C23H25ClN4O3S/c1-23(2,3)21(30)28-22-27-19-17(32-22)7-5-6-12-10-15(25-18(12)19)20(29)26-14-11-13(24)8-9-16(14)31-4/h8-11,25H,5-7H2,1-4H3,(H,26,29)(H,27,28,30). The molecule has 9 heteroatoms. The van der Waals surface area contributed by atoms with E-state index in [1.54, 1.807) is 18.2 Å². The maximum atomic E-state index is 13.0. The zero-order valence-electron chi connectivity index (χ0n) is 18.4. The molecule has 0 saturated heterocycles. The molecule has 2 aromatic heterocycles. The van der Waals surface area contributed by atoms with Gasteiger partial charge in [-0.25, -0.2) is 4.98 Å². The minimum atomic E-state index is -0.507. The van der Waals surface area contributed by atoms with Gasteiger partial charge in [-0.1, -0.05) is 32.4 Å². The van der Waals surface area contributed by atoms with Crippen molar-refractivity contribution in [2.75, 3.05) is 17.7 Å². The van der Waals surface area contributed by atoms with Gasteiger partial charge in [0, 0.05) is 15.3 Å². The van der Waals surface area contributed by atoms with Crippen LogP contribution < -0.4 is 15.4 Å². The summed E-state index contributed by atoms with van der Waals surface area (Å²) in [6, 6.07) is 6.92. The third-order valence-electron chi connectivity index (χ3n) is 5.24. The number of amides is 2. The van der Waals surface area contributed by atoms with Gasteiger partial charge in [0.1, 0.15) is 17.1 Å². The number of halogens is 1. The van der Waals surface area contributed by atoms with Crippen molar-refractivity contribution in [2.45, 2.75) is 40.0 Å². The zero-order chi connectivity index (χ0) is 23.0. The van der Waals surface area contributed by atoms with Gasteiger partial charge in [0.25, 0.3) is 5.91 Å². The molecule has 0 bridgehead atoms. The maximum absolute atomic E-state index is 13.0.